The van der Waals surface area contributed by atoms with Crippen molar-refractivity contribution >= 4 is 11.9 Å². The van der Waals surface area contributed by atoms with Crippen LogP contribution in [0, 0.1) is 0 Å². The lowest BCUT2D eigenvalue weighted by Gasteiger charge is -2.30. The minimum Gasteiger partial charge on any atom is -0.480 e. The maximum absolute atomic E-state index is 12.7. The van der Waals surface area contributed by atoms with E-state index in [9.17, 15) is 14.7 Å². The minimum absolute atomic E-state index is 0.306. The quantitative estimate of drug-likeness (QED) is 0.766. The van der Waals surface area contributed by atoms with Gasteiger partial charge in [-0.2, -0.15) is 0 Å². The number of carbonyl (C=O) groups excluding carboxylic acids is 1. The van der Waals surface area contributed by atoms with E-state index >= 15 is 0 Å². The van der Waals surface area contributed by atoms with Crippen LogP contribution in [0.4, 0.5) is 0 Å². The molecule has 1 fully saturated rings. The molecule has 5 nitrogen and oxygen atoms in total. The normalized spacial score (nSPS) is 19.7. The third kappa shape index (κ3) is 3.08. The van der Waals surface area contributed by atoms with Gasteiger partial charge in [-0.3, -0.25) is 4.79 Å². The summed E-state index contributed by atoms with van der Waals surface area (Å²) in [7, 11) is 0. The van der Waals surface area contributed by atoms with E-state index in [0.29, 0.717) is 12.8 Å². The van der Waals surface area contributed by atoms with Crippen LogP contribution in [0.5, 0.6) is 0 Å². The Hall–Kier alpha value is -1.88. The number of rotatable bonds is 5. The van der Waals surface area contributed by atoms with Crippen molar-refractivity contribution in [2.75, 3.05) is 0 Å². The van der Waals surface area contributed by atoms with Crippen LogP contribution < -0.4 is 5.32 Å². The lowest BCUT2D eigenvalue weighted by Crippen LogP contribution is -2.53. The molecule has 2 unspecified atom stereocenters. The molecule has 2 atom stereocenters. The summed E-state index contributed by atoms with van der Waals surface area (Å²) in [6, 6.07) is 8.18. The molecule has 0 aliphatic heterocycles. The number of hydrogen-bond acceptors (Lipinski definition) is 3. The molecule has 21 heavy (non-hydrogen) atoms. The summed E-state index contributed by atoms with van der Waals surface area (Å²) in [6.45, 7) is 1.36. The molecular weight excluding hydrogens is 270 g/mol. The van der Waals surface area contributed by atoms with Crippen molar-refractivity contribution in [3.8, 4) is 0 Å². The molecule has 0 saturated heterocycles. The van der Waals surface area contributed by atoms with Crippen LogP contribution in [-0.4, -0.2) is 34.2 Å². The van der Waals surface area contributed by atoms with Gasteiger partial charge in [-0.15, -0.1) is 0 Å². The monoisotopic (exact) mass is 291 g/mol. The van der Waals surface area contributed by atoms with Crippen molar-refractivity contribution in [3.63, 3.8) is 0 Å². The van der Waals surface area contributed by atoms with Gasteiger partial charge in [-0.1, -0.05) is 43.2 Å². The highest BCUT2D eigenvalue weighted by Crippen LogP contribution is 2.41. The Kier molecular flexibility index (Phi) is 4.63. The number of hydrogen-bond donors (Lipinski definition) is 3. The van der Waals surface area contributed by atoms with Crippen LogP contribution >= 0.6 is 0 Å². The Labute approximate surface area is 124 Å². The van der Waals surface area contributed by atoms with E-state index in [0.717, 1.165) is 18.4 Å². The molecule has 0 aromatic heterocycles. The molecule has 1 aromatic carbocycles. The first-order chi connectivity index (χ1) is 9.97. The molecule has 1 aromatic rings. The van der Waals surface area contributed by atoms with Crippen molar-refractivity contribution in [3.05, 3.63) is 35.9 Å². The molecule has 2 rings (SSSR count). The Morgan fingerprint density at radius 3 is 2.24 bits per heavy atom. The van der Waals surface area contributed by atoms with Crippen molar-refractivity contribution in [2.45, 2.75) is 50.2 Å². The third-order valence-electron chi connectivity index (χ3n) is 4.25. The van der Waals surface area contributed by atoms with Crippen LogP contribution in [0.1, 0.15) is 38.2 Å². The fraction of sp³-hybridized carbons (Fsp3) is 0.500. The van der Waals surface area contributed by atoms with E-state index in [2.05, 4.69) is 5.32 Å². The topological polar surface area (TPSA) is 86.6 Å². The highest BCUT2D eigenvalue weighted by atomic mass is 16.4. The second-order valence-electron chi connectivity index (χ2n) is 5.69. The summed E-state index contributed by atoms with van der Waals surface area (Å²) in [5, 5.41) is 21.2. The SMILES string of the molecule is CC(O)C(NC(=O)C1(c2ccccc2)CCCC1)C(=O)O. The lowest BCUT2D eigenvalue weighted by atomic mass is 9.77. The zero-order chi connectivity index (χ0) is 15.5. The van der Waals surface area contributed by atoms with Gasteiger partial charge in [0.15, 0.2) is 6.04 Å². The third-order valence-corrected chi connectivity index (χ3v) is 4.25. The maximum Gasteiger partial charge on any atom is 0.328 e. The predicted molar refractivity (Wildman–Crippen MR) is 77.8 cm³/mol. The Balaban J connectivity index is 2.27. The first-order valence-electron chi connectivity index (χ1n) is 7.25. The zero-order valence-corrected chi connectivity index (χ0v) is 12.1. The molecule has 0 spiro atoms. The second kappa shape index (κ2) is 6.26. The predicted octanol–water partition coefficient (Wildman–Crippen LogP) is 1.45. The van der Waals surface area contributed by atoms with Crippen molar-refractivity contribution in [2.24, 2.45) is 0 Å². The van der Waals surface area contributed by atoms with E-state index in [1.54, 1.807) is 0 Å². The van der Waals surface area contributed by atoms with Crippen LogP contribution in [-0.2, 0) is 15.0 Å². The molecule has 0 heterocycles. The summed E-state index contributed by atoms with van der Waals surface area (Å²) in [5.41, 5.74) is 0.235. The summed E-state index contributed by atoms with van der Waals surface area (Å²) >= 11 is 0. The molecule has 114 valence electrons. The van der Waals surface area contributed by atoms with Crippen LogP contribution in [0.25, 0.3) is 0 Å². The van der Waals surface area contributed by atoms with E-state index in [1.807, 2.05) is 30.3 Å². The van der Waals surface area contributed by atoms with Crippen molar-refractivity contribution in [1.29, 1.82) is 0 Å². The van der Waals surface area contributed by atoms with Crippen LogP contribution in [0.3, 0.4) is 0 Å². The molecule has 1 amide bonds. The van der Waals surface area contributed by atoms with E-state index in [-0.39, 0.29) is 5.91 Å². The molecular formula is C16H21NO4. The number of nitrogens with one attached hydrogen (secondary N) is 1. The van der Waals surface area contributed by atoms with Gasteiger partial charge < -0.3 is 15.5 Å². The number of aliphatic hydroxyl groups is 1. The van der Waals surface area contributed by atoms with Crippen LogP contribution in [0.2, 0.25) is 0 Å². The Morgan fingerprint density at radius 2 is 1.76 bits per heavy atom. The van der Waals surface area contributed by atoms with E-state index in [1.165, 1.54) is 6.92 Å². The van der Waals surface area contributed by atoms with Gasteiger partial charge in [0, 0.05) is 0 Å². The number of aliphatic hydroxyl groups excluding tert-OH is 1. The number of carboxylic acid groups (broad SMARTS) is 1. The molecule has 1 aliphatic rings. The van der Waals surface area contributed by atoms with Gasteiger partial charge in [-0.05, 0) is 25.3 Å². The maximum atomic E-state index is 12.7. The highest BCUT2D eigenvalue weighted by molar-refractivity contribution is 5.92. The van der Waals surface area contributed by atoms with Crippen molar-refractivity contribution < 1.29 is 19.8 Å². The average molecular weight is 291 g/mol. The zero-order valence-electron chi connectivity index (χ0n) is 12.1. The standard InChI is InChI=1S/C16H21NO4/c1-11(18)13(14(19)20)17-15(21)16(9-5-6-10-16)12-7-3-2-4-8-12/h2-4,7-8,11,13,18H,5-6,9-10H2,1H3,(H,17,21)(H,19,20). The second-order valence-corrected chi connectivity index (χ2v) is 5.69. The lowest BCUT2D eigenvalue weighted by molar-refractivity contribution is -0.145. The van der Waals surface area contributed by atoms with Gasteiger partial charge in [0.05, 0.1) is 11.5 Å². The molecule has 5 heteroatoms. The fourth-order valence-corrected chi connectivity index (χ4v) is 3.05. The first kappa shape index (κ1) is 15.5. The Bertz CT molecular complexity index is 506. The summed E-state index contributed by atoms with van der Waals surface area (Å²) in [5.74, 6) is -1.53. The first-order valence-corrected chi connectivity index (χ1v) is 7.25. The number of amides is 1. The molecule has 3 N–H and O–H groups in total. The highest BCUT2D eigenvalue weighted by Gasteiger charge is 2.44. The molecule has 1 aliphatic carbocycles. The Morgan fingerprint density at radius 1 is 1.19 bits per heavy atom. The van der Waals surface area contributed by atoms with Gasteiger partial charge in [0.1, 0.15) is 0 Å². The van der Waals surface area contributed by atoms with E-state index in [4.69, 9.17) is 5.11 Å². The summed E-state index contributed by atoms with van der Waals surface area (Å²) < 4.78 is 0. The van der Waals surface area contributed by atoms with Crippen LogP contribution in [0.15, 0.2) is 30.3 Å². The molecule has 0 bridgehead atoms. The average Bonchev–Trinajstić information content (AvgIpc) is 2.95. The smallest absolute Gasteiger partial charge is 0.328 e. The number of carboxylic acids is 1. The number of aliphatic carboxylic acids is 1. The molecule has 1 saturated carbocycles. The fourth-order valence-electron chi connectivity index (χ4n) is 3.05. The summed E-state index contributed by atoms with van der Waals surface area (Å²) in [4.78, 5) is 23.9. The van der Waals surface area contributed by atoms with Gasteiger partial charge in [0.25, 0.3) is 0 Å². The van der Waals surface area contributed by atoms with Gasteiger partial charge in [0.2, 0.25) is 5.91 Å². The van der Waals surface area contributed by atoms with Gasteiger partial charge >= 0.3 is 5.97 Å². The van der Waals surface area contributed by atoms with Gasteiger partial charge in [-0.25, -0.2) is 4.79 Å². The largest absolute Gasteiger partial charge is 0.480 e. The number of carbonyl (C=O) groups is 2. The minimum atomic E-state index is -1.28. The van der Waals surface area contributed by atoms with Crippen molar-refractivity contribution in [1.82, 2.24) is 5.32 Å². The summed E-state index contributed by atoms with van der Waals surface area (Å²) in [6.07, 6.45) is 2.15. The van der Waals surface area contributed by atoms with E-state index < -0.39 is 23.5 Å². The molecule has 0 radical (unpaired) electrons. The number of benzene rings is 1.